The average Bonchev–Trinajstić information content (AvgIpc) is 3.01. The molecule has 0 bridgehead atoms. The van der Waals surface area contributed by atoms with E-state index in [2.05, 4.69) is 124 Å². The van der Waals surface area contributed by atoms with E-state index in [-0.39, 0.29) is 5.41 Å². The molecule has 0 unspecified atom stereocenters. The maximum Gasteiger partial charge on any atom is 0.119 e. The first-order chi connectivity index (χ1) is 20.3. The van der Waals surface area contributed by atoms with E-state index in [0.717, 1.165) is 11.5 Å². The van der Waals surface area contributed by atoms with Gasteiger partial charge in [0.25, 0.3) is 0 Å². The van der Waals surface area contributed by atoms with Gasteiger partial charge in [-0.1, -0.05) is 93.6 Å². The summed E-state index contributed by atoms with van der Waals surface area (Å²) in [5.41, 5.74) is 6.34. The van der Waals surface area contributed by atoms with Crippen LogP contribution in [-0.4, -0.2) is 14.2 Å². The molecule has 0 fully saturated rings. The molecule has 7 rings (SSSR count). The highest BCUT2D eigenvalue weighted by molar-refractivity contribution is 6.22. The lowest BCUT2D eigenvalue weighted by Crippen LogP contribution is -2.10. The minimum Gasteiger partial charge on any atom is -0.497 e. The lowest BCUT2D eigenvalue weighted by molar-refractivity contribution is 0.415. The van der Waals surface area contributed by atoms with E-state index in [1.165, 1.54) is 70.9 Å². The molecule has 0 amide bonds. The van der Waals surface area contributed by atoms with Gasteiger partial charge < -0.3 is 9.47 Å². The van der Waals surface area contributed by atoms with Crippen LogP contribution in [0.25, 0.3) is 65.3 Å². The number of hydrogen-bond acceptors (Lipinski definition) is 2. The van der Waals surface area contributed by atoms with Gasteiger partial charge in [-0.05, 0) is 119 Å². The average molecular weight is 547 g/mol. The Morgan fingerprint density at radius 1 is 0.429 bits per heavy atom. The fraction of sp³-hybridized carbons (Fsp3) is 0.150. The smallest absolute Gasteiger partial charge is 0.119 e. The summed E-state index contributed by atoms with van der Waals surface area (Å²) in [7, 11) is 3.43. The number of methoxy groups -OCH3 is 2. The van der Waals surface area contributed by atoms with E-state index in [1.54, 1.807) is 14.2 Å². The molecule has 0 spiro atoms. The SMILES string of the molecule is COc1ccc2cc(-c3c4ccccc4c(-c4ccc5cc(OC)ccc5c4)c4cc(C(C)(C)C)ccc34)ccc2c1. The Balaban J connectivity index is 1.57. The zero-order chi connectivity index (χ0) is 29.0. The van der Waals surface area contributed by atoms with Gasteiger partial charge in [0.05, 0.1) is 14.2 Å². The third-order valence-electron chi connectivity index (χ3n) is 8.56. The van der Waals surface area contributed by atoms with Crippen LogP contribution in [0.4, 0.5) is 0 Å². The number of benzene rings is 7. The summed E-state index contributed by atoms with van der Waals surface area (Å²) in [5, 5.41) is 9.80. The van der Waals surface area contributed by atoms with Gasteiger partial charge in [0.15, 0.2) is 0 Å². The summed E-state index contributed by atoms with van der Waals surface area (Å²) in [6, 6.07) is 42.1. The van der Waals surface area contributed by atoms with Crippen molar-refractivity contribution in [3.05, 3.63) is 121 Å². The first-order valence-electron chi connectivity index (χ1n) is 14.5. The summed E-state index contributed by atoms with van der Waals surface area (Å²) < 4.78 is 11.0. The topological polar surface area (TPSA) is 18.5 Å². The first-order valence-corrected chi connectivity index (χ1v) is 14.5. The molecule has 206 valence electrons. The maximum absolute atomic E-state index is 5.48. The highest BCUT2D eigenvalue weighted by atomic mass is 16.5. The van der Waals surface area contributed by atoms with Crippen LogP contribution in [0, 0.1) is 0 Å². The molecule has 7 aromatic rings. The molecule has 0 aromatic heterocycles. The number of rotatable bonds is 4. The van der Waals surface area contributed by atoms with Gasteiger partial charge in [0.2, 0.25) is 0 Å². The van der Waals surface area contributed by atoms with E-state index in [9.17, 15) is 0 Å². The summed E-state index contributed by atoms with van der Waals surface area (Å²) in [6.45, 7) is 6.87. The Hall–Kier alpha value is -4.82. The highest BCUT2D eigenvalue weighted by Gasteiger charge is 2.20. The molecule has 2 nitrogen and oxygen atoms in total. The van der Waals surface area contributed by atoms with Crippen molar-refractivity contribution in [1.29, 1.82) is 0 Å². The van der Waals surface area contributed by atoms with Crippen molar-refractivity contribution < 1.29 is 9.47 Å². The van der Waals surface area contributed by atoms with Crippen molar-refractivity contribution in [3.8, 4) is 33.8 Å². The Kier molecular flexibility index (Phi) is 6.17. The van der Waals surface area contributed by atoms with Crippen LogP contribution in [0.1, 0.15) is 26.3 Å². The molecule has 0 N–H and O–H groups in total. The van der Waals surface area contributed by atoms with Crippen LogP contribution in [0.2, 0.25) is 0 Å². The third-order valence-corrected chi connectivity index (χ3v) is 8.56. The van der Waals surface area contributed by atoms with Crippen molar-refractivity contribution in [2.45, 2.75) is 26.2 Å². The van der Waals surface area contributed by atoms with Gasteiger partial charge in [-0.2, -0.15) is 0 Å². The number of ether oxygens (including phenoxy) is 2. The van der Waals surface area contributed by atoms with Crippen molar-refractivity contribution in [3.63, 3.8) is 0 Å². The van der Waals surface area contributed by atoms with Crippen LogP contribution in [0.5, 0.6) is 11.5 Å². The fourth-order valence-electron chi connectivity index (χ4n) is 6.28. The number of fused-ring (bicyclic) bond motifs is 4. The second-order valence-electron chi connectivity index (χ2n) is 12.2. The van der Waals surface area contributed by atoms with Crippen molar-refractivity contribution >= 4 is 43.1 Å². The van der Waals surface area contributed by atoms with Crippen molar-refractivity contribution in [2.24, 2.45) is 0 Å². The second-order valence-corrected chi connectivity index (χ2v) is 12.2. The van der Waals surface area contributed by atoms with Gasteiger partial charge in [-0.15, -0.1) is 0 Å². The molecule has 0 heterocycles. The van der Waals surface area contributed by atoms with Gasteiger partial charge in [0, 0.05) is 0 Å². The summed E-state index contributed by atoms with van der Waals surface area (Å²) >= 11 is 0. The Labute approximate surface area is 247 Å². The Bertz CT molecular complexity index is 2150. The van der Waals surface area contributed by atoms with Gasteiger partial charge in [-0.3, -0.25) is 0 Å². The monoisotopic (exact) mass is 546 g/mol. The van der Waals surface area contributed by atoms with E-state index in [0.29, 0.717) is 0 Å². The molecule has 0 saturated carbocycles. The van der Waals surface area contributed by atoms with Crippen LogP contribution in [0.3, 0.4) is 0 Å². The normalized spacial score (nSPS) is 11.9. The van der Waals surface area contributed by atoms with Crippen LogP contribution < -0.4 is 9.47 Å². The van der Waals surface area contributed by atoms with Crippen LogP contribution in [-0.2, 0) is 5.41 Å². The zero-order valence-corrected chi connectivity index (χ0v) is 24.8. The number of hydrogen-bond donors (Lipinski definition) is 0. The molecule has 0 saturated heterocycles. The summed E-state index contributed by atoms with van der Waals surface area (Å²) in [6.07, 6.45) is 0. The lowest BCUT2D eigenvalue weighted by atomic mass is 9.81. The lowest BCUT2D eigenvalue weighted by Gasteiger charge is -2.23. The Morgan fingerprint density at radius 2 is 0.881 bits per heavy atom. The molecule has 0 aliphatic rings. The Morgan fingerprint density at radius 3 is 1.38 bits per heavy atom. The molecule has 42 heavy (non-hydrogen) atoms. The summed E-state index contributed by atoms with van der Waals surface area (Å²) in [5.74, 6) is 1.75. The van der Waals surface area contributed by atoms with E-state index >= 15 is 0 Å². The predicted octanol–water partition coefficient (Wildman–Crippen LogP) is 10.9. The quantitative estimate of drug-likeness (QED) is 0.204. The molecular formula is C40H34O2. The fourth-order valence-corrected chi connectivity index (χ4v) is 6.28. The van der Waals surface area contributed by atoms with Crippen LogP contribution in [0.15, 0.2) is 115 Å². The summed E-state index contributed by atoms with van der Waals surface area (Å²) in [4.78, 5) is 0. The van der Waals surface area contributed by atoms with Crippen molar-refractivity contribution in [1.82, 2.24) is 0 Å². The molecule has 0 aliphatic heterocycles. The molecule has 0 aliphatic carbocycles. The molecule has 0 radical (unpaired) electrons. The third kappa shape index (κ3) is 4.35. The second kappa shape index (κ2) is 9.92. The highest BCUT2D eigenvalue weighted by Crippen LogP contribution is 2.45. The van der Waals surface area contributed by atoms with E-state index < -0.39 is 0 Å². The van der Waals surface area contributed by atoms with Crippen molar-refractivity contribution in [2.75, 3.05) is 14.2 Å². The van der Waals surface area contributed by atoms with E-state index in [1.807, 2.05) is 12.1 Å². The maximum atomic E-state index is 5.48. The zero-order valence-electron chi connectivity index (χ0n) is 24.8. The molecule has 7 aromatic carbocycles. The minimum absolute atomic E-state index is 0.0270. The van der Waals surface area contributed by atoms with E-state index in [4.69, 9.17) is 9.47 Å². The largest absolute Gasteiger partial charge is 0.497 e. The van der Waals surface area contributed by atoms with Gasteiger partial charge in [0.1, 0.15) is 11.5 Å². The molecule has 2 heteroatoms. The van der Waals surface area contributed by atoms with Crippen LogP contribution >= 0.6 is 0 Å². The molecule has 0 atom stereocenters. The van der Waals surface area contributed by atoms with Gasteiger partial charge >= 0.3 is 0 Å². The standard InChI is InChI=1S/C40H34O2/c1-40(2,3)31-16-19-36-37(24-31)39(30-13-11-28-23-33(42-5)18-15-26(28)21-30)35-9-7-6-8-34(35)38(36)29-12-10-27-22-32(41-4)17-14-25(27)20-29/h6-24H,1-5H3. The first kappa shape index (κ1) is 26.1. The minimum atomic E-state index is 0.0270. The molecular weight excluding hydrogens is 512 g/mol. The predicted molar refractivity (Wildman–Crippen MR) is 179 cm³/mol. The van der Waals surface area contributed by atoms with Gasteiger partial charge in [-0.25, -0.2) is 0 Å².